The summed E-state index contributed by atoms with van der Waals surface area (Å²) in [4.78, 5) is 9.18. The van der Waals surface area contributed by atoms with Crippen LogP contribution in [0, 0.1) is 0 Å². The molecule has 0 unspecified atom stereocenters. The second kappa shape index (κ2) is 7.90. The van der Waals surface area contributed by atoms with Crippen LogP contribution in [0.2, 0.25) is 0 Å². The number of benzene rings is 4. The van der Waals surface area contributed by atoms with E-state index in [1.807, 2.05) is 66.7 Å². The molecule has 0 saturated carbocycles. The van der Waals surface area contributed by atoms with E-state index in [1.165, 1.54) is 12.1 Å². The highest BCUT2D eigenvalue weighted by molar-refractivity contribution is 6.11. The van der Waals surface area contributed by atoms with Crippen molar-refractivity contribution in [3.63, 3.8) is 0 Å². The van der Waals surface area contributed by atoms with Crippen molar-refractivity contribution >= 4 is 43.6 Å². The lowest BCUT2D eigenvalue weighted by atomic mass is 9.96. The summed E-state index contributed by atoms with van der Waals surface area (Å²) in [5.74, 6) is 0. The number of alkyl halides is 3. The number of para-hydroxylation sites is 2. The molecule has 0 radical (unpaired) electrons. The molecule has 0 bridgehead atoms. The molecule has 37 heavy (non-hydrogen) atoms. The maximum absolute atomic E-state index is 15.0. The van der Waals surface area contributed by atoms with Gasteiger partial charge in [0, 0.05) is 33.3 Å². The monoisotopic (exact) mass is 489 g/mol. The Hall–Kier alpha value is -4.71. The van der Waals surface area contributed by atoms with Crippen LogP contribution in [-0.2, 0) is 6.18 Å². The Bertz CT molecular complexity index is 1930. The van der Waals surface area contributed by atoms with Gasteiger partial charge in [0.25, 0.3) is 0 Å². The zero-order valence-electron chi connectivity index (χ0n) is 19.4. The van der Waals surface area contributed by atoms with Gasteiger partial charge >= 0.3 is 6.18 Å². The Morgan fingerprint density at radius 1 is 0.595 bits per heavy atom. The van der Waals surface area contributed by atoms with Crippen molar-refractivity contribution in [2.75, 3.05) is 0 Å². The summed E-state index contributed by atoms with van der Waals surface area (Å²) in [5, 5.41) is 3.19. The van der Waals surface area contributed by atoms with E-state index in [2.05, 4.69) is 4.98 Å². The summed E-state index contributed by atoms with van der Waals surface area (Å²) in [6, 6.07) is 30.7. The van der Waals surface area contributed by atoms with E-state index in [1.54, 1.807) is 35.0 Å². The van der Waals surface area contributed by atoms with Crippen LogP contribution in [0.15, 0.2) is 109 Å². The van der Waals surface area contributed by atoms with E-state index >= 15 is 13.2 Å². The van der Waals surface area contributed by atoms with Gasteiger partial charge in [-0.05, 0) is 30.3 Å². The first-order chi connectivity index (χ1) is 18.0. The van der Waals surface area contributed by atoms with Gasteiger partial charge in [-0.1, -0.05) is 72.8 Å². The average Bonchev–Trinajstić information content (AvgIpc) is 3.26. The third kappa shape index (κ3) is 3.22. The largest absolute Gasteiger partial charge is 0.419 e. The molecule has 0 fully saturated rings. The van der Waals surface area contributed by atoms with Gasteiger partial charge in [-0.25, -0.2) is 4.98 Å². The number of pyridine rings is 2. The molecule has 7 rings (SSSR count). The van der Waals surface area contributed by atoms with Crippen LogP contribution in [0.5, 0.6) is 0 Å². The first kappa shape index (κ1) is 21.6. The molecule has 178 valence electrons. The lowest BCUT2D eigenvalue weighted by Gasteiger charge is -2.20. The van der Waals surface area contributed by atoms with Gasteiger partial charge in [0.1, 0.15) is 0 Å². The highest BCUT2D eigenvalue weighted by Gasteiger charge is 2.38. The molecular formula is C31H18F3N3. The van der Waals surface area contributed by atoms with Gasteiger partial charge in [0.05, 0.1) is 39.0 Å². The number of fused-ring (bicyclic) bond motifs is 6. The van der Waals surface area contributed by atoms with Crippen molar-refractivity contribution in [2.45, 2.75) is 6.18 Å². The lowest BCUT2D eigenvalue weighted by Crippen LogP contribution is -2.13. The summed E-state index contributed by atoms with van der Waals surface area (Å²) in [5.41, 5.74) is 2.31. The summed E-state index contributed by atoms with van der Waals surface area (Å²) in [6.45, 7) is 0. The zero-order valence-corrected chi connectivity index (χ0v) is 19.4. The van der Waals surface area contributed by atoms with Crippen LogP contribution in [-0.4, -0.2) is 14.5 Å². The fourth-order valence-corrected chi connectivity index (χ4v) is 5.38. The summed E-state index contributed by atoms with van der Waals surface area (Å²) < 4.78 is 46.9. The topological polar surface area (TPSA) is 30.7 Å². The molecule has 0 aliphatic heterocycles. The maximum Gasteiger partial charge on any atom is 0.419 e. The van der Waals surface area contributed by atoms with Gasteiger partial charge < -0.3 is 4.57 Å². The molecule has 0 spiro atoms. The molecule has 0 aliphatic rings. The summed E-state index contributed by atoms with van der Waals surface area (Å²) in [6.07, 6.45) is -2.97. The Labute approximate surface area is 209 Å². The van der Waals surface area contributed by atoms with Gasteiger partial charge in [0.2, 0.25) is 0 Å². The summed E-state index contributed by atoms with van der Waals surface area (Å²) >= 11 is 0. The molecule has 0 saturated heterocycles. The standard InChI is InChI=1S/C31H18F3N3/c32-31(33,34)28-23(29-21-11-1-2-12-22(21)30-24(36-29)14-8-18-35-30)13-7-17-27(28)37-25-15-5-3-9-19(25)20-10-4-6-16-26(20)37/h1-18H. The first-order valence-corrected chi connectivity index (χ1v) is 11.8. The van der Waals surface area contributed by atoms with Crippen molar-refractivity contribution < 1.29 is 13.2 Å². The molecule has 0 N–H and O–H groups in total. The molecule has 3 nitrogen and oxygen atoms in total. The van der Waals surface area contributed by atoms with Gasteiger partial charge in [-0.15, -0.1) is 0 Å². The number of hydrogen-bond acceptors (Lipinski definition) is 2. The third-order valence-corrected chi connectivity index (χ3v) is 6.86. The van der Waals surface area contributed by atoms with E-state index in [-0.39, 0.29) is 16.9 Å². The molecule has 7 aromatic rings. The van der Waals surface area contributed by atoms with Crippen LogP contribution in [0.4, 0.5) is 13.2 Å². The molecule has 6 heteroatoms. The van der Waals surface area contributed by atoms with Crippen LogP contribution in [0.3, 0.4) is 0 Å². The van der Waals surface area contributed by atoms with E-state index in [4.69, 9.17) is 4.98 Å². The molecule has 3 aromatic heterocycles. The highest BCUT2D eigenvalue weighted by Crippen LogP contribution is 2.45. The predicted molar refractivity (Wildman–Crippen MR) is 142 cm³/mol. The molecule has 4 aromatic carbocycles. The van der Waals surface area contributed by atoms with Crippen molar-refractivity contribution in [3.8, 4) is 16.9 Å². The predicted octanol–water partition coefficient (Wildman–Crippen LogP) is 8.57. The SMILES string of the molecule is FC(F)(F)c1c(-c2nc3cccnc3c3ccccc23)cccc1-n1c2ccccc2c2ccccc21. The summed E-state index contributed by atoms with van der Waals surface area (Å²) in [7, 11) is 0. The average molecular weight is 490 g/mol. The first-order valence-electron chi connectivity index (χ1n) is 11.8. The van der Waals surface area contributed by atoms with Gasteiger partial charge in [0.15, 0.2) is 0 Å². The number of aromatic nitrogens is 3. The minimum atomic E-state index is -4.63. The number of rotatable bonds is 2. The Kier molecular flexibility index (Phi) is 4.60. The second-order valence-electron chi connectivity index (χ2n) is 8.94. The Morgan fingerprint density at radius 3 is 1.89 bits per heavy atom. The Balaban J connectivity index is 1.64. The van der Waals surface area contributed by atoms with Crippen LogP contribution < -0.4 is 0 Å². The van der Waals surface area contributed by atoms with Crippen molar-refractivity contribution in [1.29, 1.82) is 0 Å². The van der Waals surface area contributed by atoms with Crippen molar-refractivity contribution in [3.05, 3.63) is 115 Å². The maximum atomic E-state index is 15.0. The number of nitrogens with zero attached hydrogens (tertiary/aromatic N) is 3. The van der Waals surface area contributed by atoms with E-state index in [0.29, 0.717) is 27.5 Å². The van der Waals surface area contributed by atoms with Crippen LogP contribution >= 0.6 is 0 Å². The molecule has 3 heterocycles. The smallest absolute Gasteiger partial charge is 0.309 e. The van der Waals surface area contributed by atoms with Gasteiger partial charge in [-0.3, -0.25) is 4.98 Å². The fraction of sp³-hybridized carbons (Fsp3) is 0.0323. The van der Waals surface area contributed by atoms with Crippen LogP contribution in [0.25, 0.3) is 60.6 Å². The number of hydrogen-bond donors (Lipinski definition) is 0. The van der Waals surface area contributed by atoms with Crippen molar-refractivity contribution in [2.24, 2.45) is 0 Å². The minimum Gasteiger partial charge on any atom is -0.309 e. The van der Waals surface area contributed by atoms with Crippen LogP contribution in [0.1, 0.15) is 5.56 Å². The molecule has 0 atom stereocenters. The third-order valence-electron chi connectivity index (χ3n) is 6.86. The molecule has 0 amide bonds. The van der Waals surface area contributed by atoms with E-state index in [0.717, 1.165) is 16.2 Å². The highest BCUT2D eigenvalue weighted by atomic mass is 19.4. The molecule has 0 aliphatic carbocycles. The lowest BCUT2D eigenvalue weighted by molar-refractivity contribution is -0.136. The van der Waals surface area contributed by atoms with E-state index < -0.39 is 11.7 Å². The quantitative estimate of drug-likeness (QED) is 0.228. The molecular weight excluding hydrogens is 471 g/mol. The zero-order chi connectivity index (χ0) is 25.1. The van der Waals surface area contributed by atoms with E-state index in [9.17, 15) is 0 Å². The van der Waals surface area contributed by atoms with Crippen molar-refractivity contribution in [1.82, 2.24) is 14.5 Å². The minimum absolute atomic E-state index is 0.0359. The van der Waals surface area contributed by atoms with Gasteiger partial charge in [-0.2, -0.15) is 13.2 Å². The normalized spacial score (nSPS) is 12.2. The number of halogens is 3. The Morgan fingerprint density at radius 2 is 1.22 bits per heavy atom. The fourth-order valence-electron chi connectivity index (χ4n) is 5.38. The second-order valence-corrected chi connectivity index (χ2v) is 8.94.